The van der Waals surface area contributed by atoms with Crippen LogP contribution in [0.25, 0.3) is 0 Å². The number of methoxy groups -OCH3 is 1. The fourth-order valence-corrected chi connectivity index (χ4v) is 3.01. The molecular formula is C20H25N3O3. The molecule has 1 amide bonds. The van der Waals surface area contributed by atoms with Gasteiger partial charge in [-0.3, -0.25) is 4.79 Å². The predicted octanol–water partition coefficient (Wildman–Crippen LogP) is 3.11. The molecule has 0 unspecified atom stereocenters. The van der Waals surface area contributed by atoms with Crippen LogP contribution >= 0.6 is 0 Å². The zero-order valence-electron chi connectivity index (χ0n) is 15.0. The van der Waals surface area contributed by atoms with Gasteiger partial charge in [-0.25, -0.2) is 4.98 Å². The van der Waals surface area contributed by atoms with Gasteiger partial charge in [-0.2, -0.15) is 0 Å². The van der Waals surface area contributed by atoms with E-state index in [9.17, 15) is 4.79 Å². The Morgan fingerprint density at radius 3 is 2.77 bits per heavy atom. The molecule has 0 atom stereocenters. The third-order valence-electron chi connectivity index (χ3n) is 4.52. The van der Waals surface area contributed by atoms with E-state index in [1.807, 2.05) is 30.3 Å². The summed E-state index contributed by atoms with van der Waals surface area (Å²) in [7, 11) is 1.68. The molecule has 26 heavy (non-hydrogen) atoms. The summed E-state index contributed by atoms with van der Waals surface area (Å²) in [6, 6.07) is 11.7. The minimum Gasteiger partial charge on any atom is -0.496 e. The summed E-state index contributed by atoms with van der Waals surface area (Å²) in [5, 5.41) is 6.23. The molecule has 1 aromatic carbocycles. The zero-order chi connectivity index (χ0) is 18.2. The number of rotatable bonds is 7. The van der Waals surface area contributed by atoms with Gasteiger partial charge in [0.05, 0.1) is 19.0 Å². The molecule has 2 aromatic rings. The highest BCUT2D eigenvalue weighted by atomic mass is 16.5. The Morgan fingerprint density at radius 2 is 2.04 bits per heavy atom. The third-order valence-corrected chi connectivity index (χ3v) is 4.52. The molecule has 1 saturated heterocycles. The average molecular weight is 355 g/mol. The topological polar surface area (TPSA) is 72.5 Å². The van der Waals surface area contributed by atoms with Crippen molar-refractivity contribution in [1.82, 2.24) is 4.98 Å². The number of ether oxygens (including phenoxy) is 2. The molecule has 0 saturated carbocycles. The van der Waals surface area contributed by atoms with Gasteiger partial charge in [0.1, 0.15) is 11.6 Å². The number of nitrogens with zero attached hydrogens (tertiary/aromatic N) is 1. The first-order valence-corrected chi connectivity index (χ1v) is 8.96. The van der Waals surface area contributed by atoms with E-state index < -0.39 is 0 Å². The molecule has 138 valence electrons. The maximum absolute atomic E-state index is 12.2. The Balaban J connectivity index is 1.47. The van der Waals surface area contributed by atoms with E-state index >= 15 is 0 Å². The van der Waals surface area contributed by atoms with E-state index in [4.69, 9.17) is 9.47 Å². The first-order chi connectivity index (χ1) is 12.8. The van der Waals surface area contributed by atoms with Crippen molar-refractivity contribution < 1.29 is 14.3 Å². The van der Waals surface area contributed by atoms with Crippen LogP contribution in [0.1, 0.15) is 18.4 Å². The number of carbonyl (C=O) groups is 1. The molecule has 1 aromatic heterocycles. The second kappa shape index (κ2) is 9.20. The number of nitrogens with one attached hydrogen (secondary N) is 2. The second-order valence-corrected chi connectivity index (χ2v) is 6.30. The number of carbonyl (C=O) groups excluding carboxylic acids is 1. The highest BCUT2D eigenvalue weighted by Gasteiger charge is 2.21. The number of benzene rings is 1. The van der Waals surface area contributed by atoms with Crippen LogP contribution in [0.2, 0.25) is 0 Å². The smallest absolute Gasteiger partial charge is 0.227 e. The van der Waals surface area contributed by atoms with Gasteiger partial charge in [0.25, 0.3) is 0 Å². The molecule has 3 rings (SSSR count). The van der Waals surface area contributed by atoms with Crippen molar-refractivity contribution in [3.63, 3.8) is 0 Å². The van der Waals surface area contributed by atoms with Gasteiger partial charge in [0.2, 0.25) is 5.91 Å². The van der Waals surface area contributed by atoms with Gasteiger partial charge in [0.15, 0.2) is 0 Å². The Morgan fingerprint density at radius 1 is 1.23 bits per heavy atom. The van der Waals surface area contributed by atoms with E-state index in [0.717, 1.165) is 48.6 Å². The first kappa shape index (κ1) is 18.2. The third kappa shape index (κ3) is 4.95. The van der Waals surface area contributed by atoms with Crippen molar-refractivity contribution >= 4 is 17.4 Å². The summed E-state index contributed by atoms with van der Waals surface area (Å²) in [4.78, 5) is 16.6. The van der Waals surface area contributed by atoms with Crippen LogP contribution in [0.15, 0.2) is 42.6 Å². The number of amides is 1. The molecule has 0 bridgehead atoms. The number of pyridine rings is 1. The van der Waals surface area contributed by atoms with E-state index in [1.54, 1.807) is 13.3 Å². The molecule has 1 fully saturated rings. The Hall–Kier alpha value is -2.60. The predicted molar refractivity (Wildman–Crippen MR) is 102 cm³/mol. The number of hydrogen-bond donors (Lipinski definition) is 2. The molecule has 1 aliphatic heterocycles. The lowest BCUT2D eigenvalue weighted by Gasteiger charge is -2.21. The van der Waals surface area contributed by atoms with Gasteiger partial charge in [-0.1, -0.05) is 18.2 Å². The van der Waals surface area contributed by atoms with Gasteiger partial charge in [0, 0.05) is 25.7 Å². The Bertz CT molecular complexity index is 712. The molecule has 0 radical (unpaired) electrons. The van der Waals surface area contributed by atoms with E-state index in [1.165, 1.54) is 0 Å². The van der Waals surface area contributed by atoms with Gasteiger partial charge in [-0.05, 0) is 43.0 Å². The first-order valence-electron chi connectivity index (χ1n) is 8.96. The molecule has 2 N–H and O–H groups in total. The highest BCUT2D eigenvalue weighted by Crippen LogP contribution is 2.19. The van der Waals surface area contributed by atoms with Crippen LogP contribution in [-0.4, -0.2) is 37.8 Å². The molecule has 2 heterocycles. The standard InChI is InChI=1S/C20H25N3O3/c1-25-18-5-3-2-4-15(18)8-11-21-19-7-6-17(14-22-19)23-20(24)16-9-12-26-13-10-16/h2-7,14,16H,8-13H2,1H3,(H,21,22)(H,23,24). The second-order valence-electron chi connectivity index (χ2n) is 6.30. The Kier molecular flexibility index (Phi) is 6.44. The summed E-state index contributed by atoms with van der Waals surface area (Å²) in [6.45, 7) is 2.07. The van der Waals surface area contributed by atoms with Crippen LogP contribution < -0.4 is 15.4 Å². The SMILES string of the molecule is COc1ccccc1CCNc1ccc(NC(=O)C2CCOCC2)cn1. The van der Waals surface area contributed by atoms with Crippen molar-refractivity contribution in [3.8, 4) is 5.75 Å². The number of aromatic nitrogens is 1. The molecule has 1 aliphatic rings. The maximum Gasteiger partial charge on any atom is 0.227 e. The van der Waals surface area contributed by atoms with Crippen LogP contribution in [0.3, 0.4) is 0 Å². The maximum atomic E-state index is 12.2. The fourth-order valence-electron chi connectivity index (χ4n) is 3.01. The number of para-hydroxylation sites is 1. The molecular weight excluding hydrogens is 330 g/mol. The Labute approximate surface area is 153 Å². The summed E-state index contributed by atoms with van der Waals surface area (Å²) >= 11 is 0. The van der Waals surface area contributed by atoms with Crippen LogP contribution in [-0.2, 0) is 16.0 Å². The van der Waals surface area contributed by atoms with E-state index in [-0.39, 0.29) is 11.8 Å². The van der Waals surface area contributed by atoms with E-state index in [2.05, 4.69) is 21.7 Å². The van der Waals surface area contributed by atoms with Crippen molar-refractivity contribution in [1.29, 1.82) is 0 Å². The normalized spacial score (nSPS) is 14.7. The fraction of sp³-hybridized carbons (Fsp3) is 0.400. The monoisotopic (exact) mass is 355 g/mol. The molecule has 0 spiro atoms. The number of hydrogen-bond acceptors (Lipinski definition) is 5. The minimum absolute atomic E-state index is 0.0300. The summed E-state index contributed by atoms with van der Waals surface area (Å²) in [5.41, 5.74) is 1.87. The van der Waals surface area contributed by atoms with Crippen molar-refractivity contribution in [3.05, 3.63) is 48.2 Å². The van der Waals surface area contributed by atoms with Crippen molar-refractivity contribution in [2.45, 2.75) is 19.3 Å². The average Bonchev–Trinajstić information content (AvgIpc) is 2.70. The minimum atomic E-state index is 0.0300. The van der Waals surface area contributed by atoms with Gasteiger partial charge < -0.3 is 20.1 Å². The largest absolute Gasteiger partial charge is 0.496 e. The highest BCUT2D eigenvalue weighted by molar-refractivity contribution is 5.92. The summed E-state index contributed by atoms with van der Waals surface area (Å²) in [5.74, 6) is 1.76. The van der Waals surface area contributed by atoms with Crippen LogP contribution in [0.4, 0.5) is 11.5 Å². The van der Waals surface area contributed by atoms with Crippen LogP contribution in [0.5, 0.6) is 5.75 Å². The molecule has 6 heteroatoms. The lowest BCUT2D eigenvalue weighted by Crippen LogP contribution is -2.28. The van der Waals surface area contributed by atoms with Gasteiger partial charge in [-0.15, -0.1) is 0 Å². The van der Waals surface area contributed by atoms with Crippen molar-refractivity contribution in [2.24, 2.45) is 5.92 Å². The summed E-state index contributed by atoms with van der Waals surface area (Å²) in [6.07, 6.45) is 4.08. The lowest BCUT2D eigenvalue weighted by atomic mass is 9.99. The van der Waals surface area contributed by atoms with Crippen LogP contribution in [0, 0.1) is 5.92 Å². The summed E-state index contributed by atoms with van der Waals surface area (Å²) < 4.78 is 10.7. The van der Waals surface area contributed by atoms with Crippen molar-refractivity contribution in [2.75, 3.05) is 37.5 Å². The lowest BCUT2D eigenvalue weighted by molar-refractivity contribution is -0.122. The molecule has 6 nitrogen and oxygen atoms in total. The molecule has 0 aliphatic carbocycles. The quantitative estimate of drug-likeness (QED) is 0.798. The van der Waals surface area contributed by atoms with E-state index in [0.29, 0.717) is 13.2 Å². The van der Waals surface area contributed by atoms with Gasteiger partial charge >= 0.3 is 0 Å². The number of anilines is 2. The zero-order valence-corrected chi connectivity index (χ0v) is 15.0.